The Bertz CT molecular complexity index is 590. The number of aliphatic hydroxyl groups is 1. The van der Waals surface area contributed by atoms with Gasteiger partial charge < -0.3 is 10.2 Å². The highest BCUT2D eigenvalue weighted by atomic mass is 32.2. The first kappa shape index (κ1) is 15.4. The third-order valence-electron chi connectivity index (χ3n) is 3.45. The molecule has 7 nitrogen and oxygen atoms in total. The van der Waals surface area contributed by atoms with Crippen LogP contribution >= 0.6 is 11.3 Å². The summed E-state index contributed by atoms with van der Waals surface area (Å²) in [6, 6.07) is 0. The zero-order valence-corrected chi connectivity index (χ0v) is 12.3. The van der Waals surface area contributed by atoms with Crippen molar-refractivity contribution in [3.63, 3.8) is 0 Å². The van der Waals surface area contributed by atoms with Crippen molar-refractivity contribution in [1.82, 2.24) is 9.71 Å². The third kappa shape index (κ3) is 3.00. The number of thiazole rings is 1. The van der Waals surface area contributed by atoms with Gasteiger partial charge in [-0.1, -0.05) is 19.3 Å². The first-order valence-corrected chi connectivity index (χ1v) is 8.58. The van der Waals surface area contributed by atoms with Crippen molar-refractivity contribution in [1.29, 1.82) is 0 Å². The molecule has 3 N–H and O–H groups in total. The molecule has 1 aromatic rings. The molecule has 1 fully saturated rings. The Labute approximate surface area is 120 Å². The van der Waals surface area contributed by atoms with Crippen LogP contribution in [0.3, 0.4) is 0 Å². The lowest BCUT2D eigenvalue weighted by Gasteiger charge is -2.35. The molecule has 0 bridgehead atoms. The fourth-order valence-corrected chi connectivity index (χ4v) is 5.01. The van der Waals surface area contributed by atoms with Gasteiger partial charge >= 0.3 is 5.97 Å². The largest absolute Gasteiger partial charge is 0.476 e. The minimum Gasteiger partial charge on any atom is -0.476 e. The molecular weight excluding hydrogens is 304 g/mol. The Morgan fingerprint density at radius 2 is 2.05 bits per heavy atom. The van der Waals surface area contributed by atoms with Gasteiger partial charge in [0.05, 0.1) is 17.7 Å². The molecule has 1 aromatic heterocycles. The number of aromatic carboxylic acids is 1. The van der Waals surface area contributed by atoms with Crippen LogP contribution in [0.5, 0.6) is 0 Å². The van der Waals surface area contributed by atoms with Crippen LogP contribution in [0, 0.1) is 0 Å². The molecule has 0 saturated heterocycles. The number of carboxylic acids is 1. The lowest BCUT2D eigenvalue weighted by molar-refractivity contribution is 0.0687. The molecule has 0 atom stereocenters. The van der Waals surface area contributed by atoms with Crippen LogP contribution in [0.1, 0.15) is 42.6 Å². The van der Waals surface area contributed by atoms with E-state index in [1.54, 1.807) is 0 Å². The average molecular weight is 320 g/mol. The fourth-order valence-electron chi connectivity index (χ4n) is 2.42. The summed E-state index contributed by atoms with van der Waals surface area (Å²) in [5.74, 6) is -1.38. The van der Waals surface area contributed by atoms with Crippen molar-refractivity contribution in [3.05, 3.63) is 11.2 Å². The SMILES string of the molecule is O=C(O)c1ncsc1S(=O)(=O)NC1(CO)CCCCC1. The molecule has 1 aliphatic carbocycles. The number of carbonyl (C=O) groups is 1. The molecule has 0 unspecified atom stereocenters. The average Bonchev–Trinajstić information content (AvgIpc) is 2.89. The van der Waals surface area contributed by atoms with E-state index in [0.29, 0.717) is 12.8 Å². The Morgan fingerprint density at radius 3 is 2.60 bits per heavy atom. The fraction of sp³-hybridized carbons (Fsp3) is 0.636. The first-order valence-electron chi connectivity index (χ1n) is 6.22. The van der Waals surface area contributed by atoms with E-state index in [0.717, 1.165) is 30.6 Å². The molecule has 1 heterocycles. The second kappa shape index (κ2) is 5.76. The van der Waals surface area contributed by atoms with Crippen molar-refractivity contribution >= 4 is 27.3 Å². The van der Waals surface area contributed by atoms with Gasteiger partial charge in [0.1, 0.15) is 0 Å². The van der Waals surface area contributed by atoms with Crippen molar-refractivity contribution in [2.24, 2.45) is 0 Å². The summed E-state index contributed by atoms with van der Waals surface area (Å²) in [4.78, 5) is 14.5. The molecule has 1 aliphatic rings. The minimum absolute atomic E-state index is 0.298. The second-order valence-corrected chi connectivity index (χ2v) is 7.63. The van der Waals surface area contributed by atoms with Gasteiger partial charge in [-0.15, -0.1) is 11.3 Å². The molecule has 0 spiro atoms. The molecule has 2 rings (SSSR count). The van der Waals surface area contributed by atoms with E-state index < -0.39 is 27.2 Å². The molecule has 9 heteroatoms. The quantitative estimate of drug-likeness (QED) is 0.739. The summed E-state index contributed by atoms with van der Waals surface area (Å²) in [6.07, 6.45) is 3.76. The van der Waals surface area contributed by atoms with Gasteiger partial charge in [-0.3, -0.25) is 0 Å². The first-order chi connectivity index (χ1) is 9.40. The van der Waals surface area contributed by atoms with Crippen molar-refractivity contribution < 1.29 is 23.4 Å². The number of sulfonamides is 1. The highest BCUT2D eigenvalue weighted by Crippen LogP contribution is 2.30. The summed E-state index contributed by atoms with van der Waals surface area (Å²) >= 11 is 0.759. The van der Waals surface area contributed by atoms with E-state index >= 15 is 0 Å². The van der Waals surface area contributed by atoms with E-state index in [1.807, 2.05) is 0 Å². The molecule has 0 aromatic carbocycles. The maximum Gasteiger partial charge on any atom is 0.356 e. The predicted molar refractivity (Wildman–Crippen MR) is 72.3 cm³/mol. The topological polar surface area (TPSA) is 117 Å². The predicted octanol–water partition coefficient (Wildman–Crippen LogP) is 0.815. The standard InChI is InChI=1S/C11H16N2O5S2/c14-6-11(4-2-1-3-5-11)13-20(17,18)10-8(9(15)16)12-7-19-10/h7,13-14H,1-6H2,(H,15,16). The smallest absolute Gasteiger partial charge is 0.356 e. The monoisotopic (exact) mass is 320 g/mol. The molecule has 0 radical (unpaired) electrons. The maximum atomic E-state index is 12.3. The van der Waals surface area contributed by atoms with Gasteiger partial charge in [0.25, 0.3) is 10.0 Å². The Kier molecular flexibility index (Phi) is 4.43. The number of aliphatic hydroxyl groups excluding tert-OH is 1. The van der Waals surface area contributed by atoms with E-state index in [9.17, 15) is 18.3 Å². The Balaban J connectivity index is 2.30. The van der Waals surface area contributed by atoms with Gasteiger partial charge in [0.2, 0.25) is 0 Å². The van der Waals surface area contributed by atoms with E-state index in [-0.39, 0.29) is 10.8 Å². The van der Waals surface area contributed by atoms with Crippen LogP contribution in [0.2, 0.25) is 0 Å². The van der Waals surface area contributed by atoms with Crippen LogP contribution < -0.4 is 4.72 Å². The summed E-state index contributed by atoms with van der Waals surface area (Å²) in [7, 11) is -4.00. The third-order valence-corrected chi connectivity index (χ3v) is 6.39. The van der Waals surface area contributed by atoms with E-state index in [1.165, 1.54) is 5.51 Å². The van der Waals surface area contributed by atoms with E-state index in [2.05, 4.69) is 9.71 Å². The second-order valence-electron chi connectivity index (χ2n) is 4.90. The van der Waals surface area contributed by atoms with Gasteiger partial charge in [-0.2, -0.15) is 0 Å². The van der Waals surface area contributed by atoms with Crippen LogP contribution in [-0.4, -0.2) is 41.7 Å². The number of hydrogen-bond donors (Lipinski definition) is 3. The molecule has 20 heavy (non-hydrogen) atoms. The summed E-state index contributed by atoms with van der Waals surface area (Å²) in [5, 5.41) is 18.5. The highest BCUT2D eigenvalue weighted by molar-refractivity contribution is 7.91. The van der Waals surface area contributed by atoms with E-state index in [4.69, 9.17) is 5.11 Å². The number of nitrogens with zero attached hydrogens (tertiary/aromatic N) is 1. The maximum absolute atomic E-state index is 12.3. The number of aromatic nitrogens is 1. The minimum atomic E-state index is -4.00. The molecule has 1 saturated carbocycles. The van der Waals surface area contributed by atoms with Crippen molar-refractivity contribution in [3.8, 4) is 0 Å². The van der Waals surface area contributed by atoms with Gasteiger partial charge in [-0.25, -0.2) is 22.9 Å². The number of carboxylic acid groups (broad SMARTS) is 1. The zero-order valence-electron chi connectivity index (χ0n) is 10.7. The molecule has 112 valence electrons. The van der Waals surface area contributed by atoms with Gasteiger partial charge in [0, 0.05) is 0 Å². The lowest BCUT2D eigenvalue weighted by atomic mass is 9.83. The summed E-state index contributed by atoms with van der Waals surface area (Å²) in [5.41, 5.74) is -0.187. The number of nitrogens with one attached hydrogen (secondary N) is 1. The number of rotatable bonds is 5. The molecule has 0 aliphatic heterocycles. The Morgan fingerprint density at radius 1 is 1.40 bits per heavy atom. The number of hydrogen-bond acceptors (Lipinski definition) is 6. The zero-order chi connectivity index (χ0) is 14.8. The van der Waals surface area contributed by atoms with Crippen LogP contribution in [0.25, 0.3) is 0 Å². The molecule has 0 amide bonds. The van der Waals surface area contributed by atoms with Crippen LogP contribution in [0.15, 0.2) is 9.72 Å². The van der Waals surface area contributed by atoms with Gasteiger partial charge in [0.15, 0.2) is 9.90 Å². The molecular formula is C11H16N2O5S2. The van der Waals surface area contributed by atoms with Crippen molar-refractivity contribution in [2.45, 2.75) is 41.9 Å². The van der Waals surface area contributed by atoms with Crippen LogP contribution in [-0.2, 0) is 10.0 Å². The van der Waals surface area contributed by atoms with Crippen LogP contribution in [0.4, 0.5) is 0 Å². The lowest BCUT2D eigenvalue weighted by Crippen LogP contribution is -2.52. The summed E-state index contributed by atoms with van der Waals surface area (Å²) in [6.45, 7) is -0.298. The Hall–Kier alpha value is -1.03. The highest BCUT2D eigenvalue weighted by Gasteiger charge is 2.38. The van der Waals surface area contributed by atoms with Crippen molar-refractivity contribution in [2.75, 3.05) is 6.61 Å². The van der Waals surface area contributed by atoms with Gasteiger partial charge in [-0.05, 0) is 12.8 Å². The summed E-state index contributed by atoms with van der Waals surface area (Å²) < 4.78 is 26.8. The normalized spacial score (nSPS) is 18.9.